The predicted octanol–water partition coefficient (Wildman–Crippen LogP) is 4.63. The van der Waals surface area contributed by atoms with E-state index < -0.39 is 48.7 Å². The number of halogens is 3. The average molecular weight is 645 g/mol. The van der Waals surface area contributed by atoms with Crippen LogP contribution in [0.25, 0.3) is 0 Å². The first-order valence-electron chi connectivity index (χ1n) is 12.3. The Morgan fingerprint density at radius 1 is 1.33 bits per heavy atom. The van der Waals surface area contributed by atoms with Gasteiger partial charge in [-0.2, -0.15) is 5.26 Å². The van der Waals surface area contributed by atoms with Crippen LogP contribution < -0.4 is 10.2 Å². The topological polar surface area (TPSA) is 106 Å². The van der Waals surface area contributed by atoms with Crippen molar-refractivity contribution in [3.63, 3.8) is 0 Å². The van der Waals surface area contributed by atoms with E-state index in [1.807, 2.05) is 6.07 Å². The van der Waals surface area contributed by atoms with Crippen LogP contribution in [0.2, 0.25) is 0 Å². The van der Waals surface area contributed by atoms with Crippen molar-refractivity contribution >= 4 is 46.1 Å². The van der Waals surface area contributed by atoms with Crippen LogP contribution in [0.4, 0.5) is 14.6 Å². The number of nitriles is 1. The van der Waals surface area contributed by atoms with Gasteiger partial charge in [0.1, 0.15) is 17.9 Å². The molecule has 0 radical (unpaired) electrons. The zero-order chi connectivity index (χ0) is 28.3. The van der Waals surface area contributed by atoms with Crippen molar-refractivity contribution in [3.8, 4) is 6.07 Å². The molecule has 1 saturated carbocycles. The van der Waals surface area contributed by atoms with Crippen LogP contribution in [-0.4, -0.2) is 45.6 Å². The van der Waals surface area contributed by atoms with Crippen molar-refractivity contribution in [1.29, 1.82) is 5.26 Å². The van der Waals surface area contributed by atoms with Gasteiger partial charge in [0, 0.05) is 40.8 Å². The van der Waals surface area contributed by atoms with Gasteiger partial charge in [0.05, 0.1) is 11.6 Å². The number of nitrogens with zero attached hydrogens (tertiary/aromatic N) is 4. The fourth-order valence-corrected chi connectivity index (χ4v) is 5.56. The Morgan fingerprint density at radius 2 is 2.05 bits per heavy atom. The highest BCUT2D eigenvalue weighted by Crippen LogP contribution is 2.39. The Morgan fingerprint density at radius 3 is 2.67 bits per heavy atom. The van der Waals surface area contributed by atoms with Crippen molar-refractivity contribution in [1.82, 2.24) is 15.2 Å². The van der Waals surface area contributed by atoms with E-state index in [0.717, 1.165) is 0 Å². The smallest absolute Gasteiger partial charge is 0.252 e. The van der Waals surface area contributed by atoms with Crippen LogP contribution in [0.5, 0.6) is 0 Å². The molecule has 2 heterocycles. The summed E-state index contributed by atoms with van der Waals surface area (Å²) in [7, 11) is 0. The largest absolute Gasteiger partial charge is 0.351 e. The van der Waals surface area contributed by atoms with Gasteiger partial charge < -0.3 is 5.32 Å². The lowest BCUT2D eigenvalue weighted by atomic mass is 9.87. The third-order valence-corrected chi connectivity index (χ3v) is 7.76. The molecular weight excluding hydrogens is 619 g/mol. The first-order chi connectivity index (χ1) is 18.6. The van der Waals surface area contributed by atoms with Crippen molar-refractivity contribution in [2.24, 2.45) is 0 Å². The Kier molecular flexibility index (Phi) is 8.44. The van der Waals surface area contributed by atoms with Crippen LogP contribution in [0, 0.1) is 14.9 Å². The Hall–Kier alpha value is -3.66. The van der Waals surface area contributed by atoms with E-state index in [2.05, 4.69) is 39.5 Å². The number of allylic oxidation sites excluding steroid dienone is 2. The van der Waals surface area contributed by atoms with Gasteiger partial charge >= 0.3 is 0 Å². The second-order valence-electron chi connectivity index (χ2n) is 9.35. The number of benzene rings is 1. The molecule has 0 spiro atoms. The summed E-state index contributed by atoms with van der Waals surface area (Å²) in [5, 5.41) is 12.0. The minimum absolute atomic E-state index is 0.0683. The third-order valence-electron chi connectivity index (χ3n) is 6.78. The maximum Gasteiger partial charge on any atom is 0.252 e. The SMILES string of the molecule is C=C/C(=C\C)N(C(=O)[C@@H]1CCC(=O)N1c1cc(C#N)ccn1)[C@H](C(=O)NC1CC(F)(F)C1)c1ccccc1I. The molecule has 39 heavy (non-hydrogen) atoms. The molecule has 11 heteroatoms. The predicted molar refractivity (Wildman–Crippen MR) is 148 cm³/mol. The maximum absolute atomic E-state index is 14.3. The second-order valence-corrected chi connectivity index (χ2v) is 10.5. The van der Waals surface area contributed by atoms with E-state index in [-0.39, 0.29) is 30.1 Å². The number of carbonyl (C=O) groups excluding carboxylic acids is 3. The summed E-state index contributed by atoms with van der Waals surface area (Å²) < 4.78 is 27.8. The van der Waals surface area contributed by atoms with E-state index in [1.54, 1.807) is 37.3 Å². The number of nitrogens with one attached hydrogen (secondary N) is 1. The Bertz CT molecular complexity index is 1380. The molecule has 3 amide bonds. The molecule has 8 nitrogen and oxygen atoms in total. The Labute approximate surface area is 238 Å². The van der Waals surface area contributed by atoms with Crippen molar-refractivity contribution in [2.75, 3.05) is 4.90 Å². The van der Waals surface area contributed by atoms with Gasteiger partial charge in [-0.15, -0.1) is 0 Å². The summed E-state index contributed by atoms with van der Waals surface area (Å²) >= 11 is 2.06. The van der Waals surface area contributed by atoms with Gasteiger partial charge in [-0.05, 0) is 65.8 Å². The lowest BCUT2D eigenvalue weighted by Crippen LogP contribution is -2.55. The molecule has 1 aliphatic carbocycles. The normalized spacial score (nSPS) is 19.6. The van der Waals surface area contributed by atoms with E-state index in [4.69, 9.17) is 0 Å². The molecule has 1 N–H and O–H groups in total. The molecular formula is C28H26F2IN5O3. The first-order valence-corrected chi connectivity index (χ1v) is 13.4. The number of amides is 3. The third kappa shape index (κ3) is 5.85. The highest BCUT2D eigenvalue weighted by molar-refractivity contribution is 14.1. The number of aromatic nitrogens is 1. The number of carbonyl (C=O) groups is 3. The van der Waals surface area contributed by atoms with E-state index in [9.17, 15) is 28.4 Å². The van der Waals surface area contributed by atoms with Crippen LogP contribution >= 0.6 is 22.6 Å². The summed E-state index contributed by atoms with van der Waals surface area (Å²) in [6, 6.07) is 8.95. The summed E-state index contributed by atoms with van der Waals surface area (Å²) in [6.45, 7) is 5.50. The summed E-state index contributed by atoms with van der Waals surface area (Å²) in [4.78, 5) is 47.8. The molecule has 0 unspecified atom stereocenters. The fraction of sp³-hybridized carbons (Fsp3) is 0.321. The highest BCUT2D eigenvalue weighted by Gasteiger charge is 2.48. The van der Waals surface area contributed by atoms with Crippen LogP contribution in [0.1, 0.15) is 49.8 Å². The molecule has 1 aromatic carbocycles. The number of rotatable bonds is 8. The van der Waals surface area contributed by atoms with Crippen molar-refractivity contribution < 1.29 is 23.2 Å². The summed E-state index contributed by atoms with van der Waals surface area (Å²) in [5.41, 5.74) is 1.09. The van der Waals surface area contributed by atoms with E-state index >= 15 is 0 Å². The number of hydrogen-bond donors (Lipinski definition) is 1. The van der Waals surface area contributed by atoms with Gasteiger partial charge in [0.15, 0.2) is 0 Å². The molecule has 1 aromatic heterocycles. The zero-order valence-corrected chi connectivity index (χ0v) is 23.3. The molecule has 2 atom stereocenters. The van der Waals surface area contributed by atoms with Crippen molar-refractivity contribution in [3.05, 3.63) is 81.7 Å². The lowest BCUT2D eigenvalue weighted by molar-refractivity contribution is -0.142. The van der Waals surface area contributed by atoms with Gasteiger partial charge in [0.2, 0.25) is 11.8 Å². The molecule has 1 saturated heterocycles. The van der Waals surface area contributed by atoms with Crippen LogP contribution in [-0.2, 0) is 14.4 Å². The van der Waals surface area contributed by atoms with Crippen LogP contribution in [0.3, 0.4) is 0 Å². The number of anilines is 1. The number of pyridine rings is 1. The maximum atomic E-state index is 14.3. The molecule has 2 aliphatic rings. The number of alkyl halides is 2. The zero-order valence-electron chi connectivity index (χ0n) is 21.1. The lowest BCUT2D eigenvalue weighted by Gasteiger charge is -2.39. The van der Waals surface area contributed by atoms with Crippen LogP contribution in [0.15, 0.2) is 67.0 Å². The minimum atomic E-state index is -2.84. The molecule has 1 aliphatic heterocycles. The fourth-order valence-electron chi connectivity index (χ4n) is 4.88. The second kappa shape index (κ2) is 11.6. The van der Waals surface area contributed by atoms with Gasteiger partial charge in [-0.3, -0.25) is 24.2 Å². The van der Waals surface area contributed by atoms with Gasteiger partial charge in [-0.25, -0.2) is 13.8 Å². The Balaban J connectivity index is 1.78. The molecule has 0 bridgehead atoms. The number of hydrogen-bond acceptors (Lipinski definition) is 5. The summed E-state index contributed by atoms with van der Waals surface area (Å²) in [5.74, 6) is -4.20. The quantitative estimate of drug-likeness (QED) is 0.333. The monoisotopic (exact) mass is 645 g/mol. The summed E-state index contributed by atoms with van der Waals surface area (Å²) in [6.07, 6.45) is 3.71. The minimum Gasteiger partial charge on any atom is -0.351 e. The average Bonchev–Trinajstić information content (AvgIpc) is 3.29. The molecule has 4 rings (SSSR count). The van der Waals surface area contributed by atoms with E-state index in [1.165, 1.54) is 34.2 Å². The van der Waals surface area contributed by atoms with Crippen molar-refractivity contribution in [2.45, 2.75) is 56.7 Å². The first kappa shape index (κ1) is 28.4. The standard InChI is InChI=1S/C28H26F2IN5O3/c1-3-19(4-2)35(27(39)22-9-10-24(37)36(22)23-13-17(16-32)11-12-33-23)25(20-7-5-6-8-21(20)31)26(38)34-18-14-28(29,30)15-18/h3-8,11-13,18,22,25H,1,9-10,14-15H2,2H3,(H,34,38)/b19-4+/t22-,25-/m0/s1. The highest BCUT2D eigenvalue weighted by atomic mass is 127. The molecule has 2 fully saturated rings. The van der Waals surface area contributed by atoms with Gasteiger partial charge in [0.25, 0.3) is 11.8 Å². The molecule has 2 aromatic rings. The van der Waals surface area contributed by atoms with Gasteiger partial charge in [-0.1, -0.05) is 30.9 Å². The van der Waals surface area contributed by atoms with E-state index in [0.29, 0.717) is 14.8 Å². The molecule has 202 valence electrons.